The van der Waals surface area contributed by atoms with Crippen molar-refractivity contribution < 1.29 is 19.4 Å². The molecule has 2 aromatic rings. The molecule has 2 aromatic carbocycles. The van der Waals surface area contributed by atoms with E-state index < -0.39 is 11.9 Å². The Morgan fingerprint density at radius 1 is 1.00 bits per heavy atom. The topological polar surface area (TPSA) is 55.8 Å². The van der Waals surface area contributed by atoms with Crippen LogP contribution in [0.2, 0.25) is 0 Å². The number of methoxy groups -OCH3 is 2. The maximum atomic E-state index is 10.7. The fourth-order valence-electron chi connectivity index (χ4n) is 2.03. The van der Waals surface area contributed by atoms with Crippen LogP contribution in [-0.4, -0.2) is 25.3 Å². The number of aliphatic carboxylic acids is 1. The van der Waals surface area contributed by atoms with Gasteiger partial charge in [-0.1, -0.05) is 54.7 Å². The molecule has 0 saturated carbocycles. The van der Waals surface area contributed by atoms with Crippen molar-refractivity contribution in [2.45, 2.75) is 18.7 Å². The van der Waals surface area contributed by atoms with Gasteiger partial charge in [0.25, 0.3) is 0 Å². The summed E-state index contributed by atoms with van der Waals surface area (Å²) in [5.41, 5.74) is 2.15. The third-order valence-electron chi connectivity index (χ3n) is 3.60. The second-order valence-corrected chi connectivity index (χ2v) is 7.76. The lowest BCUT2D eigenvalue weighted by Crippen LogP contribution is -2.12. The zero-order valence-electron chi connectivity index (χ0n) is 14.8. The van der Waals surface area contributed by atoms with Crippen LogP contribution in [0.4, 0.5) is 0 Å². The third kappa shape index (κ3) is 7.29. The standard InChI is InChI=1S/C11H13BrO3.C8H8Br2O/c1-7(11(13)14)5-8-6-9(15-2)3-4-10(8)12;1-11-7-2-3-8(10)6(4-7)5-9/h3-4,6-7H,5H2,1-2H3,(H,13,14);2-4H,5H2,1H3. The SMILES string of the molecule is COc1ccc(Br)c(CBr)c1.COc1ccc(Br)c(CC(C)C(=O)O)c1. The molecule has 7 heteroatoms. The number of rotatable bonds is 6. The molecule has 0 bridgehead atoms. The van der Waals surface area contributed by atoms with Crippen molar-refractivity contribution in [1.82, 2.24) is 0 Å². The summed E-state index contributed by atoms with van der Waals surface area (Å²) in [5, 5.41) is 9.65. The van der Waals surface area contributed by atoms with Crippen molar-refractivity contribution in [3.8, 4) is 11.5 Å². The summed E-state index contributed by atoms with van der Waals surface area (Å²) < 4.78 is 12.2. The van der Waals surface area contributed by atoms with Crippen molar-refractivity contribution >= 4 is 53.8 Å². The molecule has 0 spiro atoms. The monoisotopic (exact) mass is 550 g/mol. The Bertz CT molecular complexity index is 735. The molecule has 26 heavy (non-hydrogen) atoms. The smallest absolute Gasteiger partial charge is 0.306 e. The molecule has 142 valence electrons. The molecule has 1 atom stereocenters. The molecule has 1 N–H and O–H groups in total. The molecule has 1 unspecified atom stereocenters. The molecule has 2 rings (SSSR count). The molecular weight excluding hydrogens is 532 g/mol. The number of ether oxygens (including phenoxy) is 2. The van der Waals surface area contributed by atoms with Gasteiger partial charge in [0.05, 0.1) is 20.1 Å². The molecule has 0 aromatic heterocycles. The van der Waals surface area contributed by atoms with E-state index in [-0.39, 0.29) is 0 Å². The van der Waals surface area contributed by atoms with Gasteiger partial charge in [-0.25, -0.2) is 0 Å². The molecule has 0 saturated heterocycles. The van der Waals surface area contributed by atoms with Crippen LogP contribution in [0, 0.1) is 5.92 Å². The van der Waals surface area contributed by atoms with Crippen LogP contribution in [0.15, 0.2) is 45.3 Å². The van der Waals surface area contributed by atoms with Gasteiger partial charge in [-0.2, -0.15) is 0 Å². The van der Waals surface area contributed by atoms with Crippen LogP contribution in [0.5, 0.6) is 11.5 Å². The van der Waals surface area contributed by atoms with E-state index in [0.717, 1.165) is 31.3 Å². The highest BCUT2D eigenvalue weighted by Crippen LogP contribution is 2.25. The number of hydrogen-bond acceptors (Lipinski definition) is 3. The number of carboxylic acid groups (broad SMARTS) is 1. The Balaban J connectivity index is 0.000000273. The molecule has 0 amide bonds. The van der Waals surface area contributed by atoms with Gasteiger partial charge in [-0.15, -0.1) is 0 Å². The summed E-state index contributed by atoms with van der Waals surface area (Å²) in [4.78, 5) is 10.7. The van der Waals surface area contributed by atoms with E-state index in [9.17, 15) is 4.79 Å². The number of halogens is 3. The Labute approximate surface area is 179 Å². The third-order valence-corrected chi connectivity index (χ3v) is 5.75. The Hall–Kier alpha value is -1.05. The maximum absolute atomic E-state index is 10.7. The first-order valence-electron chi connectivity index (χ1n) is 7.76. The van der Waals surface area contributed by atoms with Gasteiger partial charge in [0, 0.05) is 14.3 Å². The van der Waals surface area contributed by atoms with E-state index >= 15 is 0 Å². The van der Waals surface area contributed by atoms with Gasteiger partial charge in [0.2, 0.25) is 0 Å². The van der Waals surface area contributed by atoms with Crippen LogP contribution in [0.25, 0.3) is 0 Å². The maximum Gasteiger partial charge on any atom is 0.306 e. The normalized spacial score (nSPS) is 11.2. The Kier molecular flexibility index (Phi) is 10.3. The molecule has 0 heterocycles. The predicted octanol–water partition coefficient (Wildman–Crippen LogP) is 6.07. The summed E-state index contributed by atoms with van der Waals surface area (Å²) in [6.07, 6.45) is 0.493. The van der Waals surface area contributed by atoms with Crippen molar-refractivity contribution in [3.63, 3.8) is 0 Å². The van der Waals surface area contributed by atoms with Crippen LogP contribution in [0.3, 0.4) is 0 Å². The van der Waals surface area contributed by atoms with Crippen LogP contribution in [0.1, 0.15) is 18.1 Å². The number of carboxylic acids is 1. The predicted molar refractivity (Wildman–Crippen MR) is 115 cm³/mol. The largest absolute Gasteiger partial charge is 0.497 e. The van der Waals surface area contributed by atoms with Gasteiger partial charge in [-0.05, 0) is 53.9 Å². The van der Waals surface area contributed by atoms with Gasteiger partial charge in [-0.3, -0.25) is 4.79 Å². The van der Waals surface area contributed by atoms with E-state index in [1.165, 1.54) is 5.56 Å². The summed E-state index contributed by atoms with van der Waals surface area (Å²) in [6.45, 7) is 1.69. The quantitative estimate of drug-likeness (QED) is 0.442. The number of benzene rings is 2. The van der Waals surface area contributed by atoms with Gasteiger partial charge < -0.3 is 14.6 Å². The molecule has 0 aliphatic rings. The number of carbonyl (C=O) groups is 1. The first kappa shape index (κ1) is 23.0. The van der Waals surface area contributed by atoms with E-state index in [1.807, 2.05) is 36.4 Å². The molecular formula is C19H21Br3O4. The minimum Gasteiger partial charge on any atom is -0.497 e. The minimum absolute atomic E-state index is 0.395. The van der Waals surface area contributed by atoms with Gasteiger partial charge >= 0.3 is 5.97 Å². The van der Waals surface area contributed by atoms with Crippen LogP contribution in [-0.2, 0) is 16.5 Å². The minimum atomic E-state index is -0.787. The summed E-state index contributed by atoms with van der Waals surface area (Å²) >= 11 is 10.2. The van der Waals surface area contributed by atoms with E-state index in [0.29, 0.717) is 6.42 Å². The summed E-state index contributed by atoms with van der Waals surface area (Å²) in [6, 6.07) is 11.5. The Morgan fingerprint density at radius 3 is 1.88 bits per heavy atom. The van der Waals surface area contributed by atoms with Gasteiger partial charge in [0.1, 0.15) is 11.5 Å². The second-order valence-electron chi connectivity index (χ2n) is 5.49. The van der Waals surface area contributed by atoms with E-state index in [2.05, 4.69) is 47.8 Å². The van der Waals surface area contributed by atoms with Crippen molar-refractivity contribution in [2.75, 3.05) is 14.2 Å². The lowest BCUT2D eigenvalue weighted by Gasteiger charge is -2.09. The van der Waals surface area contributed by atoms with E-state index in [4.69, 9.17) is 14.6 Å². The van der Waals surface area contributed by atoms with Gasteiger partial charge in [0.15, 0.2) is 0 Å². The average Bonchev–Trinajstić information content (AvgIpc) is 2.64. The highest BCUT2D eigenvalue weighted by atomic mass is 79.9. The zero-order chi connectivity index (χ0) is 19.7. The van der Waals surface area contributed by atoms with E-state index in [1.54, 1.807) is 21.1 Å². The average molecular weight is 553 g/mol. The summed E-state index contributed by atoms with van der Waals surface area (Å²) in [7, 11) is 3.26. The van der Waals surface area contributed by atoms with Crippen molar-refractivity contribution in [2.24, 2.45) is 5.92 Å². The van der Waals surface area contributed by atoms with Crippen LogP contribution < -0.4 is 9.47 Å². The second kappa shape index (κ2) is 11.6. The first-order chi connectivity index (χ1) is 12.3. The van der Waals surface area contributed by atoms with Crippen molar-refractivity contribution in [3.05, 3.63) is 56.5 Å². The fourth-order valence-corrected chi connectivity index (χ4v) is 3.67. The molecule has 0 radical (unpaired) electrons. The molecule has 0 aliphatic carbocycles. The lowest BCUT2D eigenvalue weighted by atomic mass is 10.0. The number of alkyl halides is 1. The highest BCUT2D eigenvalue weighted by molar-refractivity contribution is 9.11. The molecule has 4 nitrogen and oxygen atoms in total. The molecule has 0 fully saturated rings. The van der Waals surface area contributed by atoms with Crippen molar-refractivity contribution in [1.29, 1.82) is 0 Å². The Morgan fingerprint density at radius 2 is 1.46 bits per heavy atom. The zero-order valence-corrected chi connectivity index (χ0v) is 19.5. The fraction of sp³-hybridized carbons (Fsp3) is 0.316. The highest BCUT2D eigenvalue weighted by Gasteiger charge is 2.13. The lowest BCUT2D eigenvalue weighted by molar-refractivity contribution is -0.141. The number of hydrogen-bond donors (Lipinski definition) is 1. The van der Waals surface area contributed by atoms with Crippen LogP contribution >= 0.6 is 47.8 Å². The first-order valence-corrected chi connectivity index (χ1v) is 10.5. The molecule has 0 aliphatic heterocycles. The summed E-state index contributed by atoms with van der Waals surface area (Å²) in [5.74, 6) is 0.451.